The van der Waals surface area contributed by atoms with E-state index in [9.17, 15) is 4.79 Å². The fourth-order valence-corrected chi connectivity index (χ4v) is 3.02. The van der Waals surface area contributed by atoms with Crippen molar-refractivity contribution in [2.24, 2.45) is 5.92 Å². The minimum absolute atomic E-state index is 0.119. The van der Waals surface area contributed by atoms with Crippen molar-refractivity contribution in [1.29, 1.82) is 0 Å². The number of hydrogen-bond donors (Lipinski definition) is 1. The van der Waals surface area contributed by atoms with Gasteiger partial charge >= 0.3 is 0 Å². The summed E-state index contributed by atoms with van der Waals surface area (Å²) >= 11 is 3.66. The second-order valence-corrected chi connectivity index (χ2v) is 5.77. The number of halogens is 1. The van der Waals surface area contributed by atoms with Gasteiger partial charge in [0.1, 0.15) is 5.76 Å². The van der Waals surface area contributed by atoms with Crippen molar-refractivity contribution in [3.63, 3.8) is 0 Å². The molecular formula is C13H18BrNO2. The third kappa shape index (κ3) is 3.87. The summed E-state index contributed by atoms with van der Waals surface area (Å²) in [7, 11) is 0. The van der Waals surface area contributed by atoms with Gasteiger partial charge in [0.05, 0.1) is 6.26 Å². The Labute approximate surface area is 110 Å². The Morgan fingerprint density at radius 3 is 3.06 bits per heavy atom. The van der Waals surface area contributed by atoms with Gasteiger partial charge in [0.25, 0.3) is 0 Å². The molecule has 1 fully saturated rings. The molecule has 1 aromatic rings. The van der Waals surface area contributed by atoms with Crippen LogP contribution in [0.2, 0.25) is 0 Å². The number of aryl methyl sites for hydroxylation is 1. The second kappa shape index (κ2) is 6.24. The van der Waals surface area contributed by atoms with Gasteiger partial charge in [0.2, 0.25) is 5.91 Å². The molecule has 1 heterocycles. The van der Waals surface area contributed by atoms with Crippen molar-refractivity contribution in [3.8, 4) is 0 Å². The molecule has 2 atom stereocenters. The number of carbonyl (C=O) groups excluding carboxylic acids is 1. The van der Waals surface area contributed by atoms with Gasteiger partial charge in [0.15, 0.2) is 0 Å². The van der Waals surface area contributed by atoms with Crippen LogP contribution in [0.3, 0.4) is 0 Å². The van der Waals surface area contributed by atoms with Crippen LogP contribution in [0, 0.1) is 5.92 Å². The zero-order valence-corrected chi connectivity index (χ0v) is 11.4. The van der Waals surface area contributed by atoms with Crippen molar-refractivity contribution in [1.82, 2.24) is 5.32 Å². The maximum Gasteiger partial charge on any atom is 0.220 e. The van der Waals surface area contributed by atoms with Gasteiger partial charge in [0, 0.05) is 24.2 Å². The predicted molar refractivity (Wildman–Crippen MR) is 70.1 cm³/mol. The van der Waals surface area contributed by atoms with Crippen molar-refractivity contribution in [3.05, 3.63) is 24.2 Å². The van der Waals surface area contributed by atoms with E-state index in [1.807, 2.05) is 12.1 Å². The Balaban J connectivity index is 1.64. The third-order valence-electron chi connectivity index (χ3n) is 3.31. The SMILES string of the molecule is O=C(CCc1ccco1)NCC1CCCC1Br. The summed E-state index contributed by atoms with van der Waals surface area (Å²) in [5.41, 5.74) is 0. The summed E-state index contributed by atoms with van der Waals surface area (Å²) in [5.74, 6) is 1.59. The molecule has 17 heavy (non-hydrogen) atoms. The first-order valence-corrected chi connectivity index (χ1v) is 7.10. The molecule has 0 bridgehead atoms. The summed E-state index contributed by atoms with van der Waals surface area (Å²) in [6.07, 6.45) is 6.54. The average molecular weight is 300 g/mol. The van der Waals surface area contributed by atoms with Crippen molar-refractivity contribution in [2.45, 2.75) is 36.9 Å². The van der Waals surface area contributed by atoms with Gasteiger partial charge in [-0.05, 0) is 30.9 Å². The Morgan fingerprint density at radius 1 is 1.53 bits per heavy atom. The van der Waals surface area contributed by atoms with Crippen molar-refractivity contribution >= 4 is 21.8 Å². The van der Waals surface area contributed by atoms with E-state index in [0.29, 0.717) is 23.6 Å². The second-order valence-electron chi connectivity index (χ2n) is 4.59. The molecule has 2 rings (SSSR count). The Kier molecular flexibility index (Phi) is 4.66. The number of hydrogen-bond acceptors (Lipinski definition) is 2. The van der Waals surface area contributed by atoms with Gasteiger partial charge in [-0.1, -0.05) is 22.4 Å². The van der Waals surface area contributed by atoms with Gasteiger partial charge in [-0.15, -0.1) is 0 Å². The molecule has 1 aliphatic rings. The van der Waals surface area contributed by atoms with E-state index in [-0.39, 0.29) is 5.91 Å². The minimum Gasteiger partial charge on any atom is -0.469 e. The number of nitrogens with one attached hydrogen (secondary N) is 1. The van der Waals surface area contributed by atoms with Crippen LogP contribution in [-0.2, 0) is 11.2 Å². The Bertz CT molecular complexity index is 350. The number of carbonyl (C=O) groups is 1. The van der Waals surface area contributed by atoms with Crippen LogP contribution in [0.5, 0.6) is 0 Å². The Morgan fingerprint density at radius 2 is 2.41 bits per heavy atom. The first-order valence-electron chi connectivity index (χ1n) is 6.19. The quantitative estimate of drug-likeness (QED) is 0.850. The summed E-state index contributed by atoms with van der Waals surface area (Å²) < 4.78 is 5.19. The maximum atomic E-state index is 11.6. The normalized spacial score (nSPS) is 23.8. The van der Waals surface area contributed by atoms with E-state index >= 15 is 0 Å². The van der Waals surface area contributed by atoms with Gasteiger partial charge in [-0.2, -0.15) is 0 Å². The molecule has 1 aliphatic carbocycles. The van der Waals surface area contributed by atoms with E-state index in [2.05, 4.69) is 21.2 Å². The summed E-state index contributed by atoms with van der Waals surface area (Å²) in [4.78, 5) is 12.2. The van der Waals surface area contributed by atoms with Gasteiger partial charge in [-0.3, -0.25) is 4.79 Å². The summed E-state index contributed by atoms with van der Waals surface area (Å²) in [6, 6.07) is 3.75. The maximum absolute atomic E-state index is 11.6. The number of furan rings is 1. The first kappa shape index (κ1) is 12.7. The first-order chi connectivity index (χ1) is 8.25. The zero-order chi connectivity index (χ0) is 12.1. The lowest BCUT2D eigenvalue weighted by atomic mass is 10.1. The molecule has 0 aliphatic heterocycles. The molecule has 1 amide bonds. The topological polar surface area (TPSA) is 42.2 Å². The van der Waals surface area contributed by atoms with Crippen LogP contribution < -0.4 is 5.32 Å². The van der Waals surface area contributed by atoms with E-state index in [1.54, 1.807) is 6.26 Å². The molecule has 0 aromatic carbocycles. The zero-order valence-electron chi connectivity index (χ0n) is 9.82. The fourth-order valence-electron chi connectivity index (χ4n) is 2.25. The van der Waals surface area contributed by atoms with Crippen molar-refractivity contribution < 1.29 is 9.21 Å². The lowest BCUT2D eigenvalue weighted by molar-refractivity contribution is -0.121. The molecule has 3 nitrogen and oxygen atoms in total. The molecule has 2 unspecified atom stereocenters. The highest BCUT2D eigenvalue weighted by Gasteiger charge is 2.24. The molecule has 0 saturated heterocycles. The van der Waals surface area contributed by atoms with E-state index in [4.69, 9.17) is 4.42 Å². The highest BCUT2D eigenvalue weighted by molar-refractivity contribution is 9.09. The number of amides is 1. The smallest absolute Gasteiger partial charge is 0.220 e. The Hall–Kier alpha value is -0.770. The highest BCUT2D eigenvalue weighted by Crippen LogP contribution is 2.30. The van der Waals surface area contributed by atoms with Gasteiger partial charge in [-0.25, -0.2) is 0 Å². The monoisotopic (exact) mass is 299 g/mol. The fraction of sp³-hybridized carbons (Fsp3) is 0.615. The van der Waals surface area contributed by atoms with Crippen LogP contribution in [0.15, 0.2) is 22.8 Å². The number of alkyl halides is 1. The van der Waals surface area contributed by atoms with E-state index in [1.165, 1.54) is 19.3 Å². The lowest BCUT2D eigenvalue weighted by Crippen LogP contribution is -2.31. The van der Waals surface area contributed by atoms with Crippen LogP contribution >= 0.6 is 15.9 Å². The number of rotatable bonds is 5. The van der Waals surface area contributed by atoms with Crippen LogP contribution in [0.1, 0.15) is 31.4 Å². The van der Waals surface area contributed by atoms with Crippen molar-refractivity contribution in [2.75, 3.05) is 6.54 Å². The predicted octanol–water partition coefficient (Wildman–Crippen LogP) is 2.89. The van der Waals surface area contributed by atoms with Crippen LogP contribution in [0.4, 0.5) is 0 Å². The van der Waals surface area contributed by atoms with E-state index < -0.39 is 0 Å². The molecule has 0 spiro atoms. The minimum atomic E-state index is 0.119. The van der Waals surface area contributed by atoms with Gasteiger partial charge < -0.3 is 9.73 Å². The van der Waals surface area contributed by atoms with Crippen LogP contribution in [-0.4, -0.2) is 17.3 Å². The molecule has 4 heteroatoms. The third-order valence-corrected chi connectivity index (χ3v) is 4.51. The summed E-state index contributed by atoms with van der Waals surface area (Å²) in [6.45, 7) is 0.799. The largest absolute Gasteiger partial charge is 0.469 e. The average Bonchev–Trinajstić information content (AvgIpc) is 2.95. The lowest BCUT2D eigenvalue weighted by Gasteiger charge is -2.14. The molecule has 94 valence electrons. The standard InChI is InChI=1S/C13H18BrNO2/c14-12-5-1-3-10(12)9-15-13(16)7-6-11-4-2-8-17-11/h2,4,8,10,12H,1,3,5-7,9H2,(H,15,16). The molecular weight excluding hydrogens is 282 g/mol. The molecule has 0 radical (unpaired) electrons. The molecule has 1 aromatic heterocycles. The molecule has 1 N–H and O–H groups in total. The highest BCUT2D eigenvalue weighted by atomic mass is 79.9. The molecule has 1 saturated carbocycles. The summed E-state index contributed by atoms with van der Waals surface area (Å²) in [5, 5.41) is 3.01. The van der Waals surface area contributed by atoms with Crippen LogP contribution in [0.25, 0.3) is 0 Å². The van der Waals surface area contributed by atoms with E-state index in [0.717, 1.165) is 12.3 Å².